The lowest BCUT2D eigenvalue weighted by molar-refractivity contribution is 0.0365. The zero-order chi connectivity index (χ0) is 18.7. The second-order valence-electron chi connectivity index (χ2n) is 6.82. The highest BCUT2D eigenvalue weighted by molar-refractivity contribution is 5.45. The fraction of sp³-hybridized carbons (Fsp3) is 0.429. The van der Waals surface area contributed by atoms with Crippen molar-refractivity contribution >= 4 is 0 Å². The average Bonchev–Trinajstić information content (AvgIpc) is 3.11. The molecule has 26 heavy (non-hydrogen) atoms. The Hall–Kier alpha value is -2.40. The highest BCUT2D eigenvalue weighted by atomic mass is 16.7. The lowest BCUT2D eigenvalue weighted by atomic mass is 9.83. The van der Waals surface area contributed by atoms with E-state index >= 15 is 0 Å². The van der Waals surface area contributed by atoms with Gasteiger partial charge in [-0.1, -0.05) is 26.0 Å². The van der Waals surface area contributed by atoms with Gasteiger partial charge in [0.05, 0.1) is 13.2 Å². The molecule has 1 aliphatic rings. The van der Waals surface area contributed by atoms with Crippen LogP contribution in [0.15, 0.2) is 36.4 Å². The third kappa shape index (κ3) is 3.73. The number of rotatable bonds is 7. The van der Waals surface area contributed by atoms with E-state index in [-0.39, 0.29) is 17.8 Å². The molecule has 3 unspecified atom stereocenters. The lowest BCUT2D eigenvalue weighted by Gasteiger charge is -2.29. The molecule has 0 amide bonds. The van der Waals surface area contributed by atoms with Gasteiger partial charge in [0.2, 0.25) is 6.79 Å². The molecule has 3 rings (SSSR count). The molecule has 0 aliphatic carbocycles. The molecule has 0 saturated carbocycles. The summed E-state index contributed by atoms with van der Waals surface area (Å²) in [5.74, 6) is 2.85. The van der Waals surface area contributed by atoms with Crippen molar-refractivity contribution in [3.8, 4) is 23.0 Å². The summed E-state index contributed by atoms with van der Waals surface area (Å²) in [6, 6.07) is 11.5. The van der Waals surface area contributed by atoms with Crippen LogP contribution in [0.5, 0.6) is 23.0 Å². The summed E-state index contributed by atoms with van der Waals surface area (Å²) in [6.45, 7) is 4.70. The SMILES string of the molecule is COc1cc(C(OC)C(C)C(C)Cc2ccc3c(c2)OCO3)ccc1O. The van der Waals surface area contributed by atoms with E-state index in [9.17, 15) is 5.11 Å². The van der Waals surface area contributed by atoms with Gasteiger partial charge in [-0.3, -0.25) is 0 Å². The van der Waals surface area contributed by atoms with Crippen molar-refractivity contribution in [3.63, 3.8) is 0 Å². The maximum atomic E-state index is 9.82. The normalized spacial score (nSPS) is 16.2. The monoisotopic (exact) mass is 358 g/mol. The summed E-state index contributed by atoms with van der Waals surface area (Å²) >= 11 is 0. The number of hydrogen-bond donors (Lipinski definition) is 1. The van der Waals surface area contributed by atoms with E-state index in [2.05, 4.69) is 26.0 Å². The first-order chi connectivity index (χ1) is 12.5. The minimum absolute atomic E-state index is 0.0893. The van der Waals surface area contributed by atoms with Gasteiger partial charge in [0, 0.05) is 7.11 Å². The fourth-order valence-electron chi connectivity index (χ4n) is 3.45. The predicted molar refractivity (Wildman–Crippen MR) is 99.0 cm³/mol. The Morgan fingerprint density at radius 3 is 2.54 bits per heavy atom. The number of ether oxygens (including phenoxy) is 4. The minimum atomic E-state index is -0.0893. The Labute approximate surface area is 154 Å². The number of methoxy groups -OCH3 is 2. The van der Waals surface area contributed by atoms with Crippen LogP contribution in [0.4, 0.5) is 0 Å². The maximum absolute atomic E-state index is 9.82. The summed E-state index contributed by atoms with van der Waals surface area (Å²) in [7, 11) is 3.26. The second-order valence-corrected chi connectivity index (χ2v) is 6.82. The fourth-order valence-corrected chi connectivity index (χ4v) is 3.45. The van der Waals surface area contributed by atoms with Crippen LogP contribution in [-0.2, 0) is 11.2 Å². The maximum Gasteiger partial charge on any atom is 0.231 e. The van der Waals surface area contributed by atoms with Crippen molar-refractivity contribution in [1.29, 1.82) is 0 Å². The highest BCUT2D eigenvalue weighted by Crippen LogP contribution is 2.38. The molecule has 0 saturated heterocycles. The zero-order valence-electron chi connectivity index (χ0n) is 15.7. The molecule has 0 spiro atoms. The standard InChI is InChI=1S/C21H26O5/c1-13(9-15-5-8-18-20(10-15)26-12-25-18)14(2)21(24-4)16-6-7-17(22)19(11-16)23-3/h5-8,10-11,13-14,21-22H,9,12H2,1-4H3. The van der Waals surface area contributed by atoms with E-state index in [0.29, 0.717) is 18.5 Å². The largest absolute Gasteiger partial charge is 0.504 e. The van der Waals surface area contributed by atoms with Crippen molar-refractivity contribution in [1.82, 2.24) is 0 Å². The first kappa shape index (κ1) is 18.4. The molecule has 5 heteroatoms. The summed E-state index contributed by atoms with van der Waals surface area (Å²) in [4.78, 5) is 0. The van der Waals surface area contributed by atoms with Crippen molar-refractivity contribution in [2.45, 2.75) is 26.4 Å². The molecule has 1 aliphatic heterocycles. The van der Waals surface area contributed by atoms with Gasteiger partial charge in [-0.15, -0.1) is 0 Å². The van der Waals surface area contributed by atoms with Gasteiger partial charge < -0.3 is 24.1 Å². The molecule has 3 atom stereocenters. The van der Waals surface area contributed by atoms with E-state index in [4.69, 9.17) is 18.9 Å². The average molecular weight is 358 g/mol. The van der Waals surface area contributed by atoms with E-state index in [1.165, 1.54) is 5.56 Å². The summed E-state index contributed by atoms with van der Waals surface area (Å²) in [6.07, 6.45) is 0.820. The van der Waals surface area contributed by atoms with Gasteiger partial charge in [0.1, 0.15) is 0 Å². The molecule has 0 aromatic heterocycles. The van der Waals surface area contributed by atoms with Gasteiger partial charge in [-0.05, 0) is 53.6 Å². The molecule has 5 nitrogen and oxygen atoms in total. The Bertz CT molecular complexity index is 758. The Morgan fingerprint density at radius 1 is 1.04 bits per heavy atom. The van der Waals surface area contributed by atoms with Gasteiger partial charge >= 0.3 is 0 Å². The van der Waals surface area contributed by atoms with E-state index in [1.807, 2.05) is 18.2 Å². The van der Waals surface area contributed by atoms with Crippen LogP contribution < -0.4 is 14.2 Å². The smallest absolute Gasteiger partial charge is 0.231 e. The van der Waals surface area contributed by atoms with Crippen LogP contribution in [-0.4, -0.2) is 26.1 Å². The molecule has 1 heterocycles. The molecule has 140 valence electrons. The van der Waals surface area contributed by atoms with E-state index in [0.717, 1.165) is 23.5 Å². The highest BCUT2D eigenvalue weighted by Gasteiger charge is 2.26. The molecular weight excluding hydrogens is 332 g/mol. The molecule has 0 radical (unpaired) electrons. The van der Waals surface area contributed by atoms with Crippen molar-refractivity contribution in [3.05, 3.63) is 47.5 Å². The third-order valence-electron chi connectivity index (χ3n) is 5.16. The topological polar surface area (TPSA) is 57.2 Å². The number of fused-ring (bicyclic) bond motifs is 1. The first-order valence-electron chi connectivity index (χ1n) is 8.81. The first-order valence-corrected chi connectivity index (χ1v) is 8.81. The number of aromatic hydroxyl groups is 1. The quantitative estimate of drug-likeness (QED) is 0.798. The molecule has 2 aromatic rings. The molecule has 1 N–H and O–H groups in total. The van der Waals surface area contributed by atoms with Crippen LogP contribution in [0.1, 0.15) is 31.1 Å². The van der Waals surface area contributed by atoms with Gasteiger partial charge in [-0.25, -0.2) is 0 Å². The van der Waals surface area contributed by atoms with Crippen molar-refractivity contribution in [2.24, 2.45) is 11.8 Å². The summed E-state index contributed by atoms with van der Waals surface area (Å²) in [5.41, 5.74) is 2.21. The second kappa shape index (κ2) is 7.87. The third-order valence-corrected chi connectivity index (χ3v) is 5.16. The molecule has 2 aromatic carbocycles. The van der Waals surface area contributed by atoms with Crippen LogP contribution in [0.2, 0.25) is 0 Å². The van der Waals surface area contributed by atoms with Crippen LogP contribution in [0, 0.1) is 11.8 Å². The van der Waals surface area contributed by atoms with Crippen LogP contribution >= 0.6 is 0 Å². The van der Waals surface area contributed by atoms with Gasteiger partial charge in [0.25, 0.3) is 0 Å². The van der Waals surface area contributed by atoms with E-state index < -0.39 is 0 Å². The van der Waals surface area contributed by atoms with Crippen molar-refractivity contribution in [2.75, 3.05) is 21.0 Å². The summed E-state index contributed by atoms with van der Waals surface area (Å²) in [5, 5.41) is 9.82. The number of hydrogen-bond acceptors (Lipinski definition) is 5. The minimum Gasteiger partial charge on any atom is -0.504 e. The zero-order valence-corrected chi connectivity index (χ0v) is 15.7. The Kier molecular flexibility index (Phi) is 5.57. The predicted octanol–water partition coefficient (Wildman–Crippen LogP) is 4.33. The van der Waals surface area contributed by atoms with Crippen molar-refractivity contribution < 1.29 is 24.1 Å². The molecular formula is C21H26O5. The molecule has 0 fully saturated rings. The van der Waals surface area contributed by atoms with Gasteiger partial charge in [0.15, 0.2) is 23.0 Å². The van der Waals surface area contributed by atoms with Crippen LogP contribution in [0.25, 0.3) is 0 Å². The van der Waals surface area contributed by atoms with E-state index in [1.54, 1.807) is 20.3 Å². The number of benzene rings is 2. The number of phenolic OH excluding ortho intramolecular Hbond substituents is 1. The Morgan fingerprint density at radius 2 is 1.81 bits per heavy atom. The Balaban J connectivity index is 1.74. The lowest BCUT2D eigenvalue weighted by Crippen LogP contribution is -2.20. The van der Waals surface area contributed by atoms with Gasteiger partial charge in [-0.2, -0.15) is 0 Å². The number of phenols is 1. The summed E-state index contributed by atoms with van der Waals surface area (Å²) < 4.78 is 21.9. The van der Waals surface area contributed by atoms with Crippen LogP contribution in [0.3, 0.4) is 0 Å². The molecule has 0 bridgehead atoms.